The van der Waals surface area contributed by atoms with Gasteiger partial charge in [0.1, 0.15) is 37.1 Å². The minimum absolute atomic E-state index is 0.00234. The Bertz CT molecular complexity index is 2070. The van der Waals surface area contributed by atoms with Crippen LogP contribution in [0.1, 0.15) is 99.8 Å². The van der Waals surface area contributed by atoms with Gasteiger partial charge in [-0.2, -0.15) is 0 Å². The van der Waals surface area contributed by atoms with Gasteiger partial charge in [-0.15, -0.1) is 0 Å². The van der Waals surface area contributed by atoms with Crippen LogP contribution in [0.2, 0.25) is 0 Å². The summed E-state index contributed by atoms with van der Waals surface area (Å²) in [5, 5.41) is 12.0. The number of carbonyl (C=O) groups excluding carboxylic acids is 4. The van der Waals surface area contributed by atoms with Crippen molar-refractivity contribution in [1.82, 2.24) is 0 Å². The van der Waals surface area contributed by atoms with E-state index >= 15 is 0 Å². The largest absolute Gasteiger partial charge is 0.462 e. The molecule has 5 rings (SSSR count). The van der Waals surface area contributed by atoms with Crippen LogP contribution in [0.3, 0.4) is 0 Å². The van der Waals surface area contributed by atoms with Gasteiger partial charge in [-0.3, -0.25) is 19.2 Å². The Balaban J connectivity index is 1.67. The van der Waals surface area contributed by atoms with E-state index in [4.69, 9.17) is 47.4 Å². The first-order valence-electron chi connectivity index (χ1n) is 23.2. The molecule has 2 heterocycles. The van der Waals surface area contributed by atoms with Gasteiger partial charge in [-0.1, -0.05) is 91.0 Å². The number of aliphatic hydroxyl groups excluding tert-OH is 1. The summed E-state index contributed by atoms with van der Waals surface area (Å²) in [6.45, 7) is 19.5. The van der Waals surface area contributed by atoms with E-state index in [9.17, 15) is 24.3 Å². The van der Waals surface area contributed by atoms with Crippen molar-refractivity contribution >= 4 is 23.9 Å². The Hall–Kier alpha value is -4.74. The molecule has 2 fully saturated rings. The van der Waals surface area contributed by atoms with Gasteiger partial charge in [0.05, 0.1) is 48.1 Å². The second kappa shape index (κ2) is 23.2. The molecule has 15 heteroatoms. The third-order valence-corrected chi connectivity index (χ3v) is 11.0. The molecule has 3 aromatic rings. The van der Waals surface area contributed by atoms with Crippen LogP contribution in [0, 0.1) is 21.7 Å². The number of rotatable bonds is 17. The molecular weight excluding hydrogens is 877 g/mol. The molecule has 15 nitrogen and oxygen atoms in total. The van der Waals surface area contributed by atoms with Crippen molar-refractivity contribution in [2.75, 3.05) is 13.2 Å². The first-order chi connectivity index (χ1) is 31.8. The van der Waals surface area contributed by atoms with Crippen molar-refractivity contribution < 1.29 is 71.7 Å². The molecule has 374 valence electrons. The molecule has 0 aliphatic carbocycles. The molecular formula is C53H72O15. The predicted octanol–water partition coefficient (Wildman–Crippen LogP) is 7.66. The number of aliphatic hydroxyl groups is 1. The molecule has 10 atom stereocenters. The molecule has 68 heavy (non-hydrogen) atoms. The molecule has 0 saturated carbocycles. The molecule has 0 aromatic heterocycles. The van der Waals surface area contributed by atoms with E-state index in [2.05, 4.69) is 0 Å². The fourth-order valence-corrected chi connectivity index (χ4v) is 6.92. The second-order valence-electron chi connectivity index (χ2n) is 21.4. The Morgan fingerprint density at radius 2 is 0.853 bits per heavy atom. The quantitative estimate of drug-likeness (QED) is 0.103. The average Bonchev–Trinajstić information content (AvgIpc) is 3.26. The first kappa shape index (κ1) is 54.2. The van der Waals surface area contributed by atoms with Crippen molar-refractivity contribution in [3.05, 3.63) is 108 Å². The van der Waals surface area contributed by atoms with Crippen molar-refractivity contribution in [1.29, 1.82) is 0 Å². The van der Waals surface area contributed by atoms with Crippen LogP contribution >= 0.6 is 0 Å². The van der Waals surface area contributed by atoms with E-state index in [1.807, 2.05) is 91.0 Å². The third kappa shape index (κ3) is 15.4. The van der Waals surface area contributed by atoms with E-state index in [0.29, 0.717) is 0 Å². The molecule has 0 amide bonds. The minimum atomic E-state index is -1.69. The fraction of sp³-hybridized carbons (Fsp3) is 0.585. The first-order valence-corrected chi connectivity index (χ1v) is 23.2. The monoisotopic (exact) mass is 948 g/mol. The standard InChI is InChI=1S/C53H72O15/c1-50(2,3)46(55)62-32-37-39(66-47(56)51(4,5)6)41(67-48(57)52(7,8)9)43(68-49(58)53(10,11)12)45(64-37)65-40-38(60-29-34-24-18-14-19-25-34)36(31-59-28-33-22-16-13-17-23-33)63-44(54)42(40)61-30-35-26-20-15-21-27-35/h13-27,36-45,54H,28-32H2,1-12H3/t36-,37-,38-,39-,40+,41+,42-,43-,44+,45+/m1/s1. The summed E-state index contributed by atoms with van der Waals surface area (Å²) < 4.78 is 64.0. The molecule has 1 N–H and O–H groups in total. The van der Waals surface area contributed by atoms with Crippen molar-refractivity contribution in [2.24, 2.45) is 21.7 Å². The molecule has 2 saturated heterocycles. The lowest BCUT2D eigenvalue weighted by Crippen LogP contribution is -2.67. The highest BCUT2D eigenvalue weighted by Gasteiger charge is 2.58. The van der Waals surface area contributed by atoms with Gasteiger partial charge in [0, 0.05) is 0 Å². The summed E-state index contributed by atoms with van der Waals surface area (Å²) >= 11 is 0. The summed E-state index contributed by atoms with van der Waals surface area (Å²) in [5.74, 6) is -2.76. The van der Waals surface area contributed by atoms with Gasteiger partial charge < -0.3 is 52.5 Å². The van der Waals surface area contributed by atoms with Gasteiger partial charge in [0.15, 0.2) is 30.9 Å². The van der Waals surface area contributed by atoms with Crippen LogP contribution in [0.15, 0.2) is 91.0 Å². The van der Waals surface area contributed by atoms with Crippen LogP contribution in [0.5, 0.6) is 0 Å². The lowest BCUT2D eigenvalue weighted by Gasteiger charge is -2.49. The second-order valence-corrected chi connectivity index (χ2v) is 21.4. The fourth-order valence-electron chi connectivity index (χ4n) is 6.92. The van der Waals surface area contributed by atoms with Gasteiger partial charge in [-0.25, -0.2) is 0 Å². The number of esters is 4. The highest BCUT2D eigenvalue weighted by atomic mass is 16.8. The normalized spacial score (nSPS) is 25.8. The Morgan fingerprint density at radius 1 is 0.456 bits per heavy atom. The summed E-state index contributed by atoms with van der Waals surface area (Å²) in [6.07, 6.45) is -14.1. The third-order valence-electron chi connectivity index (χ3n) is 11.0. The van der Waals surface area contributed by atoms with E-state index < -0.39 is 114 Å². The minimum Gasteiger partial charge on any atom is -0.462 e. The Kier molecular flexibility index (Phi) is 18.5. The maximum atomic E-state index is 14.1. The van der Waals surface area contributed by atoms with Crippen LogP contribution < -0.4 is 0 Å². The summed E-state index contributed by atoms with van der Waals surface area (Å²) in [5.41, 5.74) is -1.75. The maximum absolute atomic E-state index is 14.1. The van der Waals surface area contributed by atoms with E-state index in [-0.39, 0.29) is 26.4 Å². The van der Waals surface area contributed by atoms with E-state index in [1.165, 1.54) is 0 Å². The van der Waals surface area contributed by atoms with E-state index in [1.54, 1.807) is 83.1 Å². The number of hydrogen-bond donors (Lipinski definition) is 1. The molecule has 0 unspecified atom stereocenters. The number of carbonyl (C=O) groups is 4. The zero-order valence-electron chi connectivity index (χ0n) is 41.6. The molecule has 0 radical (unpaired) electrons. The van der Waals surface area contributed by atoms with Crippen molar-refractivity contribution in [3.63, 3.8) is 0 Å². The van der Waals surface area contributed by atoms with Crippen LogP contribution in [0.25, 0.3) is 0 Å². The van der Waals surface area contributed by atoms with Crippen LogP contribution in [0.4, 0.5) is 0 Å². The van der Waals surface area contributed by atoms with Gasteiger partial charge in [0.2, 0.25) is 0 Å². The highest BCUT2D eigenvalue weighted by Crippen LogP contribution is 2.38. The number of benzene rings is 3. The number of ether oxygens (including phenoxy) is 10. The lowest BCUT2D eigenvalue weighted by atomic mass is 9.92. The summed E-state index contributed by atoms with van der Waals surface area (Å²) in [6, 6.07) is 28.2. The Labute approximate surface area is 401 Å². The summed E-state index contributed by atoms with van der Waals surface area (Å²) in [7, 11) is 0. The molecule has 2 aliphatic rings. The van der Waals surface area contributed by atoms with Gasteiger partial charge >= 0.3 is 23.9 Å². The predicted molar refractivity (Wildman–Crippen MR) is 249 cm³/mol. The summed E-state index contributed by atoms with van der Waals surface area (Å²) in [4.78, 5) is 55.4. The van der Waals surface area contributed by atoms with E-state index in [0.717, 1.165) is 16.7 Å². The van der Waals surface area contributed by atoms with Crippen LogP contribution in [-0.4, -0.2) is 104 Å². The zero-order valence-corrected chi connectivity index (χ0v) is 41.6. The van der Waals surface area contributed by atoms with Gasteiger partial charge in [-0.05, 0) is 99.8 Å². The highest BCUT2D eigenvalue weighted by molar-refractivity contribution is 5.78. The molecule has 2 aliphatic heterocycles. The molecule has 0 spiro atoms. The smallest absolute Gasteiger partial charge is 0.311 e. The van der Waals surface area contributed by atoms with Crippen molar-refractivity contribution in [2.45, 2.75) is 164 Å². The van der Waals surface area contributed by atoms with Crippen LogP contribution in [-0.2, 0) is 86.4 Å². The number of hydrogen-bond acceptors (Lipinski definition) is 15. The zero-order chi connectivity index (χ0) is 50.0. The Morgan fingerprint density at radius 3 is 1.31 bits per heavy atom. The van der Waals surface area contributed by atoms with Gasteiger partial charge in [0.25, 0.3) is 0 Å². The van der Waals surface area contributed by atoms with Crippen molar-refractivity contribution in [3.8, 4) is 0 Å². The topological polar surface area (TPSA) is 181 Å². The maximum Gasteiger partial charge on any atom is 0.311 e. The molecule has 3 aromatic carbocycles. The SMILES string of the molecule is CC(C)(C)C(=O)OC[C@H]1O[C@@H](O[C@@H]2[C@@H](OCc3ccccc3)[C@@H](O)O[C@H](COCc3ccccc3)[C@H]2OCc2ccccc2)[C@H](OC(=O)C(C)(C)C)[C@@H](OC(=O)C(C)(C)C)[C@@H]1OC(=O)C(C)(C)C. The molecule has 0 bridgehead atoms. The average molecular weight is 949 g/mol. The lowest BCUT2D eigenvalue weighted by molar-refractivity contribution is -0.367.